The molecule has 1 unspecified atom stereocenters. The third-order valence-electron chi connectivity index (χ3n) is 4.17. The fourth-order valence-corrected chi connectivity index (χ4v) is 3.03. The summed E-state index contributed by atoms with van der Waals surface area (Å²) in [5.74, 6) is 0.0389. The van der Waals surface area contributed by atoms with Crippen LogP contribution in [0.15, 0.2) is 42.6 Å². The first-order chi connectivity index (χ1) is 11.7. The smallest absolute Gasteiger partial charge is 0.254 e. The van der Waals surface area contributed by atoms with Gasteiger partial charge in [0.05, 0.1) is 13.2 Å². The van der Waals surface area contributed by atoms with Gasteiger partial charge in [-0.25, -0.2) is 0 Å². The van der Waals surface area contributed by atoms with E-state index < -0.39 is 0 Å². The molecule has 1 aromatic carbocycles. The maximum Gasteiger partial charge on any atom is 0.254 e. The summed E-state index contributed by atoms with van der Waals surface area (Å²) in [4.78, 5) is 19.0. The Balaban J connectivity index is 1.73. The van der Waals surface area contributed by atoms with Gasteiger partial charge in [0.2, 0.25) is 0 Å². The Labute approximate surface area is 147 Å². The van der Waals surface area contributed by atoms with Crippen LogP contribution in [0.5, 0.6) is 0 Å². The van der Waals surface area contributed by atoms with Gasteiger partial charge in [-0.1, -0.05) is 37.1 Å². The second kappa shape index (κ2) is 7.77. The maximum absolute atomic E-state index is 12.8. The highest BCUT2D eigenvalue weighted by atomic mass is 35.5. The number of morpholine rings is 1. The largest absolute Gasteiger partial charge is 0.370 e. The summed E-state index contributed by atoms with van der Waals surface area (Å²) >= 11 is 5.94. The van der Waals surface area contributed by atoms with E-state index in [9.17, 15) is 4.79 Å². The van der Waals surface area contributed by atoms with Crippen molar-refractivity contribution in [2.24, 2.45) is 0 Å². The highest BCUT2D eigenvalue weighted by Gasteiger charge is 2.26. The first kappa shape index (κ1) is 16.9. The second-order valence-electron chi connectivity index (χ2n) is 5.95. The van der Waals surface area contributed by atoms with Crippen molar-refractivity contribution in [3.05, 3.63) is 64.4 Å². The van der Waals surface area contributed by atoms with Gasteiger partial charge in [-0.15, -0.1) is 0 Å². The van der Waals surface area contributed by atoms with Crippen LogP contribution in [-0.2, 0) is 11.2 Å². The minimum Gasteiger partial charge on any atom is -0.370 e. The summed E-state index contributed by atoms with van der Waals surface area (Å²) < 4.78 is 5.83. The number of carbonyl (C=O) groups is 1. The molecule has 0 saturated carbocycles. The highest BCUT2D eigenvalue weighted by Crippen LogP contribution is 2.24. The maximum atomic E-state index is 12.8. The number of hydrogen-bond acceptors (Lipinski definition) is 3. The van der Waals surface area contributed by atoms with Gasteiger partial charge in [0, 0.05) is 29.0 Å². The van der Waals surface area contributed by atoms with Crippen LogP contribution in [0, 0.1) is 0 Å². The number of hydrogen-bond donors (Lipinski definition) is 0. The Bertz CT molecular complexity index is 703. The van der Waals surface area contributed by atoms with E-state index in [0.29, 0.717) is 30.3 Å². The molecule has 4 nitrogen and oxygen atoms in total. The van der Waals surface area contributed by atoms with Crippen LogP contribution in [-0.4, -0.2) is 35.5 Å². The number of aryl methyl sites for hydroxylation is 1. The molecular weight excluding hydrogens is 324 g/mol. The van der Waals surface area contributed by atoms with Gasteiger partial charge in [-0.3, -0.25) is 9.78 Å². The number of aromatic nitrogens is 1. The van der Waals surface area contributed by atoms with E-state index in [4.69, 9.17) is 16.3 Å². The molecule has 5 heteroatoms. The summed E-state index contributed by atoms with van der Waals surface area (Å²) in [6.07, 6.45) is 3.50. The van der Waals surface area contributed by atoms with Crippen molar-refractivity contribution < 1.29 is 9.53 Å². The number of carbonyl (C=O) groups excluding carboxylic acids is 1. The molecule has 0 radical (unpaired) electrons. The van der Waals surface area contributed by atoms with Crippen molar-refractivity contribution in [2.45, 2.75) is 25.9 Å². The molecule has 1 amide bonds. The van der Waals surface area contributed by atoms with E-state index in [1.807, 2.05) is 35.2 Å². The summed E-state index contributed by atoms with van der Waals surface area (Å²) in [7, 11) is 0. The summed E-state index contributed by atoms with van der Waals surface area (Å²) in [5, 5.41) is 0.697. The zero-order valence-corrected chi connectivity index (χ0v) is 14.5. The fraction of sp³-hybridized carbons (Fsp3) is 0.368. The van der Waals surface area contributed by atoms with Gasteiger partial charge in [0.1, 0.15) is 6.10 Å². The van der Waals surface area contributed by atoms with Gasteiger partial charge in [-0.2, -0.15) is 0 Å². The SMILES string of the molecule is CCCc1cc(C(=O)N2CCOC(c3ccc(Cl)cc3)C2)ccn1. The van der Waals surface area contributed by atoms with E-state index >= 15 is 0 Å². The predicted octanol–water partition coefficient (Wildman–Crippen LogP) is 3.90. The van der Waals surface area contributed by atoms with Crippen molar-refractivity contribution in [2.75, 3.05) is 19.7 Å². The Morgan fingerprint density at radius 3 is 2.88 bits per heavy atom. The average Bonchev–Trinajstić information content (AvgIpc) is 2.62. The number of nitrogens with zero attached hydrogens (tertiary/aromatic N) is 2. The number of halogens is 1. The molecule has 0 N–H and O–H groups in total. The molecule has 3 rings (SSSR count). The van der Waals surface area contributed by atoms with Crippen LogP contribution in [0.25, 0.3) is 0 Å². The molecule has 1 atom stereocenters. The fourth-order valence-electron chi connectivity index (χ4n) is 2.90. The molecule has 126 valence electrons. The number of pyridine rings is 1. The van der Waals surface area contributed by atoms with E-state index in [0.717, 1.165) is 24.1 Å². The predicted molar refractivity (Wildman–Crippen MR) is 94.3 cm³/mol. The van der Waals surface area contributed by atoms with Crippen LogP contribution in [0.4, 0.5) is 0 Å². The summed E-state index contributed by atoms with van der Waals surface area (Å²) in [5.41, 5.74) is 2.70. The normalized spacial score (nSPS) is 17.8. The third kappa shape index (κ3) is 3.94. The molecule has 2 aromatic rings. The lowest BCUT2D eigenvalue weighted by atomic mass is 10.1. The lowest BCUT2D eigenvalue weighted by Crippen LogP contribution is -2.42. The molecule has 1 saturated heterocycles. The van der Waals surface area contributed by atoms with Crippen LogP contribution in [0.2, 0.25) is 5.02 Å². The van der Waals surface area contributed by atoms with E-state index in [-0.39, 0.29) is 12.0 Å². The lowest BCUT2D eigenvalue weighted by molar-refractivity contribution is -0.0228. The molecule has 0 bridgehead atoms. The monoisotopic (exact) mass is 344 g/mol. The molecule has 0 spiro atoms. The van der Waals surface area contributed by atoms with Gasteiger partial charge in [0.15, 0.2) is 0 Å². The molecule has 2 heterocycles. The minimum atomic E-state index is -0.114. The van der Waals surface area contributed by atoms with Gasteiger partial charge in [-0.05, 0) is 36.2 Å². The molecule has 1 fully saturated rings. The van der Waals surface area contributed by atoms with Gasteiger partial charge < -0.3 is 9.64 Å². The lowest BCUT2D eigenvalue weighted by Gasteiger charge is -2.33. The van der Waals surface area contributed by atoms with Gasteiger partial charge in [0.25, 0.3) is 5.91 Å². The standard InChI is InChI=1S/C19H21ClN2O2/c1-2-3-17-12-15(8-9-21-17)19(23)22-10-11-24-18(13-22)14-4-6-16(20)7-5-14/h4-9,12,18H,2-3,10-11,13H2,1H3. The molecule has 1 aromatic heterocycles. The molecular formula is C19H21ClN2O2. The summed E-state index contributed by atoms with van der Waals surface area (Å²) in [6.45, 7) is 3.79. The quantitative estimate of drug-likeness (QED) is 0.844. The van der Waals surface area contributed by atoms with E-state index in [2.05, 4.69) is 11.9 Å². The first-order valence-corrected chi connectivity index (χ1v) is 8.66. The Hall–Kier alpha value is -1.91. The van der Waals surface area contributed by atoms with Crippen LogP contribution in [0.3, 0.4) is 0 Å². The molecule has 24 heavy (non-hydrogen) atoms. The minimum absolute atomic E-state index is 0.0389. The molecule has 1 aliphatic heterocycles. The van der Waals surface area contributed by atoms with E-state index in [1.165, 1.54) is 0 Å². The highest BCUT2D eigenvalue weighted by molar-refractivity contribution is 6.30. The van der Waals surface area contributed by atoms with Crippen LogP contribution < -0.4 is 0 Å². The molecule has 1 aliphatic rings. The van der Waals surface area contributed by atoms with Crippen molar-refractivity contribution in [1.82, 2.24) is 9.88 Å². The second-order valence-corrected chi connectivity index (χ2v) is 6.38. The van der Waals surface area contributed by atoms with Gasteiger partial charge >= 0.3 is 0 Å². The zero-order chi connectivity index (χ0) is 16.9. The van der Waals surface area contributed by atoms with Crippen molar-refractivity contribution >= 4 is 17.5 Å². The van der Waals surface area contributed by atoms with E-state index in [1.54, 1.807) is 12.3 Å². The molecule has 0 aliphatic carbocycles. The Kier molecular flexibility index (Phi) is 5.48. The zero-order valence-electron chi connectivity index (χ0n) is 13.7. The number of benzene rings is 1. The number of amides is 1. The van der Waals surface area contributed by atoms with Crippen LogP contribution in [0.1, 0.15) is 41.1 Å². The Morgan fingerprint density at radius 2 is 2.12 bits per heavy atom. The van der Waals surface area contributed by atoms with Crippen molar-refractivity contribution in [3.63, 3.8) is 0 Å². The average molecular weight is 345 g/mol. The topological polar surface area (TPSA) is 42.4 Å². The van der Waals surface area contributed by atoms with Crippen molar-refractivity contribution in [1.29, 1.82) is 0 Å². The number of rotatable bonds is 4. The Morgan fingerprint density at radius 1 is 1.33 bits per heavy atom. The van der Waals surface area contributed by atoms with Crippen LogP contribution >= 0.6 is 11.6 Å². The van der Waals surface area contributed by atoms with Crippen molar-refractivity contribution in [3.8, 4) is 0 Å². The first-order valence-electron chi connectivity index (χ1n) is 8.28. The number of ether oxygens (including phenoxy) is 1. The third-order valence-corrected chi connectivity index (χ3v) is 4.42. The summed E-state index contributed by atoms with van der Waals surface area (Å²) in [6, 6.07) is 11.3.